The molecule has 0 spiro atoms. The molecule has 1 rings (SSSR count). The van der Waals surface area contributed by atoms with Crippen molar-refractivity contribution in [1.29, 1.82) is 0 Å². The van der Waals surface area contributed by atoms with Gasteiger partial charge in [-0.25, -0.2) is 0 Å². The molecule has 1 nitrogen and oxygen atoms in total. The Bertz CT molecular complexity index is 276. The third-order valence-corrected chi connectivity index (χ3v) is 3.42. The van der Waals surface area contributed by atoms with Crippen LogP contribution in [0, 0.1) is 5.92 Å². The lowest BCUT2D eigenvalue weighted by atomic mass is 10.2. The smallest absolute Gasteiger partial charge is 0.0717 e. The van der Waals surface area contributed by atoms with Crippen molar-refractivity contribution in [1.82, 2.24) is 0 Å². The fourth-order valence-electron chi connectivity index (χ4n) is 1.05. The van der Waals surface area contributed by atoms with Crippen LogP contribution in [0.1, 0.15) is 12.5 Å². The zero-order valence-corrected chi connectivity index (χ0v) is 11.3. The van der Waals surface area contributed by atoms with Gasteiger partial charge in [0.05, 0.1) is 13.2 Å². The minimum absolute atomic E-state index is 0.571. The summed E-state index contributed by atoms with van der Waals surface area (Å²) in [6.45, 7) is 3.66. The van der Waals surface area contributed by atoms with E-state index in [-0.39, 0.29) is 0 Å². The first kappa shape index (κ1) is 12.2. The van der Waals surface area contributed by atoms with Crippen LogP contribution in [0.5, 0.6) is 0 Å². The highest BCUT2D eigenvalue weighted by Gasteiger charge is 2.00. The van der Waals surface area contributed by atoms with E-state index in [9.17, 15) is 0 Å². The van der Waals surface area contributed by atoms with Crippen molar-refractivity contribution in [2.75, 3.05) is 11.9 Å². The van der Waals surface area contributed by atoms with Crippen molar-refractivity contribution in [3.63, 3.8) is 0 Å². The summed E-state index contributed by atoms with van der Waals surface area (Å²) in [5, 5.41) is 0.992. The average molecular weight is 322 g/mol. The van der Waals surface area contributed by atoms with E-state index < -0.39 is 0 Å². The van der Waals surface area contributed by atoms with Crippen LogP contribution in [-0.4, -0.2) is 11.9 Å². The van der Waals surface area contributed by atoms with Crippen LogP contribution >= 0.6 is 31.9 Å². The van der Waals surface area contributed by atoms with Crippen LogP contribution in [0.2, 0.25) is 0 Å². The van der Waals surface area contributed by atoms with E-state index >= 15 is 0 Å². The van der Waals surface area contributed by atoms with Gasteiger partial charge in [0.2, 0.25) is 0 Å². The van der Waals surface area contributed by atoms with Gasteiger partial charge in [0.25, 0.3) is 0 Å². The van der Waals surface area contributed by atoms with Gasteiger partial charge in [-0.2, -0.15) is 0 Å². The van der Waals surface area contributed by atoms with E-state index in [4.69, 9.17) is 4.74 Å². The summed E-state index contributed by atoms with van der Waals surface area (Å²) in [5.74, 6) is 0.571. The van der Waals surface area contributed by atoms with Crippen LogP contribution < -0.4 is 0 Å². The third kappa shape index (κ3) is 4.58. The molecular formula is C11H14Br2O. The predicted molar refractivity (Wildman–Crippen MR) is 66.8 cm³/mol. The highest BCUT2D eigenvalue weighted by molar-refractivity contribution is 9.10. The predicted octanol–water partition coefficient (Wildman–Crippen LogP) is 4.00. The van der Waals surface area contributed by atoms with Gasteiger partial charge in [-0.1, -0.05) is 50.9 Å². The van der Waals surface area contributed by atoms with E-state index in [0.717, 1.165) is 16.4 Å². The molecule has 0 aliphatic rings. The van der Waals surface area contributed by atoms with Crippen molar-refractivity contribution in [3.05, 3.63) is 34.3 Å². The summed E-state index contributed by atoms with van der Waals surface area (Å²) in [6.07, 6.45) is 0. The van der Waals surface area contributed by atoms with Crippen LogP contribution in [0.15, 0.2) is 28.7 Å². The van der Waals surface area contributed by atoms with Gasteiger partial charge >= 0.3 is 0 Å². The molecule has 78 valence electrons. The largest absolute Gasteiger partial charge is 0.376 e. The number of halogens is 2. The molecule has 0 aromatic heterocycles. The zero-order valence-electron chi connectivity index (χ0n) is 8.17. The summed E-state index contributed by atoms with van der Waals surface area (Å²) in [4.78, 5) is 0. The first-order valence-corrected chi connectivity index (χ1v) is 6.52. The molecule has 1 aromatic carbocycles. The van der Waals surface area contributed by atoms with Gasteiger partial charge in [-0.05, 0) is 23.6 Å². The molecule has 0 heterocycles. The highest BCUT2D eigenvalue weighted by Crippen LogP contribution is 2.12. The Hall–Kier alpha value is 0.140. The van der Waals surface area contributed by atoms with Gasteiger partial charge in [-0.3, -0.25) is 0 Å². The molecule has 1 atom stereocenters. The Labute approximate surface area is 102 Å². The Morgan fingerprint density at radius 2 is 2.21 bits per heavy atom. The zero-order chi connectivity index (χ0) is 10.4. The van der Waals surface area contributed by atoms with Crippen molar-refractivity contribution in [3.8, 4) is 0 Å². The molecule has 3 heteroatoms. The topological polar surface area (TPSA) is 9.23 Å². The maximum atomic E-state index is 5.58. The molecule has 1 unspecified atom stereocenters. The van der Waals surface area contributed by atoms with Crippen molar-refractivity contribution in [2.45, 2.75) is 13.5 Å². The van der Waals surface area contributed by atoms with Crippen molar-refractivity contribution < 1.29 is 4.74 Å². The summed E-state index contributed by atoms with van der Waals surface area (Å²) < 4.78 is 6.68. The van der Waals surface area contributed by atoms with Crippen LogP contribution in [-0.2, 0) is 11.3 Å². The molecule has 0 saturated heterocycles. The molecule has 0 N–H and O–H groups in total. The second-order valence-corrected chi connectivity index (χ2v) is 4.97. The molecule has 0 fully saturated rings. The number of hydrogen-bond donors (Lipinski definition) is 0. The van der Waals surface area contributed by atoms with Crippen LogP contribution in [0.3, 0.4) is 0 Å². The SMILES string of the molecule is CC(CBr)COCc1cccc(Br)c1. The standard InChI is InChI=1S/C11H14Br2O/c1-9(6-12)7-14-8-10-3-2-4-11(13)5-10/h2-5,9H,6-8H2,1H3. The van der Waals surface area contributed by atoms with E-state index in [1.54, 1.807) is 0 Å². The molecule has 0 amide bonds. The van der Waals surface area contributed by atoms with Crippen LogP contribution in [0.4, 0.5) is 0 Å². The maximum Gasteiger partial charge on any atom is 0.0717 e. The number of hydrogen-bond acceptors (Lipinski definition) is 1. The highest BCUT2D eigenvalue weighted by atomic mass is 79.9. The fraction of sp³-hybridized carbons (Fsp3) is 0.455. The second-order valence-electron chi connectivity index (χ2n) is 3.40. The molecule has 1 aromatic rings. The third-order valence-electron chi connectivity index (χ3n) is 1.82. The summed E-state index contributed by atoms with van der Waals surface area (Å²) in [7, 11) is 0. The van der Waals surface area contributed by atoms with Gasteiger partial charge in [0, 0.05) is 9.80 Å². The lowest BCUT2D eigenvalue weighted by Gasteiger charge is -2.08. The fourth-order valence-corrected chi connectivity index (χ4v) is 1.68. The molecular weight excluding hydrogens is 308 g/mol. The molecule has 0 aliphatic carbocycles. The van der Waals surface area contributed by atoms with Crippen LogP contribution in [0.25, 0.3) is 0 Å². The Kier molecular flexibility index (Phi) is 5.75. The molecule has 0 aliphatic heterocycles. The number of alkyl halides is 1. The Balaban J connectivity index is 2.31. The minimum Gasteiger partial charge on any atom is -0.376 e. The number of rotatable bonds is 5. The minimum atomic E-state index is 0.571. The number of benzene rings is 1. The van der Waals surface area contributed by atoms with Crippen molar-refractivity contribution in [2.24, 2.45) is 5.92 Å². The quantitative estimate of drug-likeness (QED) is 0.745. The second kappa shape index (κ2) is 6.59. The Morgan fingerprint density at radius 3 is 2.86 bits per heavy atom. The lowest BCUT2D eigenvalue weighted by molar-refractivity contribution is 0.0985. The van der Waals surface area contributed by atoms with E-state index in [1.807, 2.05) is 12.1 Å². The van der Waals surface area contributed by atoms with E-state index in [1.165, 1.54) is 5.56 Å². The molecule has 0 saturated carbocycles. The van der Waals surface area contributed by atoms with E-state index in [2.05, 4.69) is 50.9 Å². The monoisotopic (exact) mass is 320 g/mol. The maximum absolute atomic E-state index is 5.58. The molecule has 0 radical (unpaired) electrons. The van der Waals surface area contributed by atoms with E-state index in [0.29, 0.717) is 12.5 Å². The summed E-state index contributed by atoms with van der Waals surface area (Å²) in [5.41, 5.74) is 1.21. The molecule has 0 bridgehead atoms. The summed E-state index contributed by atoms with van der Waals surface area (Å²) >= 11 is 6.86. The van der Waals surface area contributed by atoms with Crippen molar-refractivity contribution >= 4 is 31.9 Å². The number of ether oxygens (including phenoxy) is 1. The van der Waals surface area contributed by atoms with Gasteiger partial charge in [-0.15, -0.1) is 0 Å². The molecule has 14 heavy (non-hydrogen) atoms. The van der Waals surface area contributed by atoms with Gasteiger partial charge in [0.15, 0.2) is 0 Å². The average Bonchev–Trinajstić information content (AvgIpc) is 2.17. The lowest BCUT2D eigenvalue weighted by Crippen LogP contribution is -2.06. The first-order chi connectivity index (χ1) is 6.72. The van der Waals surface area contributed by atoms with Gasteiger partial charge in [0.1, 0.15) is 0 Å². The summed E-state index contributed by atoms with van der Waals surface area (Å²) in [6, 6.07) is 8.20. The Morgan fingerprint density at radius 1 is 1.43 bits per heavy atom. The van der Waals surface area contributed by atoms with Gasteiger partial charge < -0.3 is 4.74 Å². The first-order valence-electron chi connectivity index (χ1n) is 4.60. The normalized spacial score (nSPS) is 12.8.